The Morgan fingerprint density at radius 1 is 1.33 bits per heavy atom. The van der Waals surface area contributed by atoms with E-state index in [1.54, 1.807) is 17.4 Å². The van der Waals surface area contributed by atoms with Crippen molar-refractivity contribution in [3.8, 4) is 0 Å². The van der Waals surface area contributed by atoms with Crippen LogP contribution in [-0.2, 0) is 4.74 Å². The van der Waals surface area contributed by atoms with Crippen LogP contribution < -0.4 is 5.32 Å². The van der Waals surface area contributed by atoms with E-state index in [-0.39, 0.29) is 12.0 Å². The second-order valence-corrected chi connectivity index (χ2v) is 6.42. The normalized spacial score (nSPS) is 12.0. The largest absolute Gasteiger partial charge is 0.465 e. The summed E-state index contributed by atoms with van der Waals surface area (Å²) in [5, 5.41) is 4.50. The van der Waals surface area contributed by atoms with Crippen LogP contribution in [0.3, 0.4) is 0 Å². The van der Waals surface area contributed by atoms with Crippen molar-refractivity contribution in [3.05, 3.63) is 44.9 Å². The van der Waals surface area contributed by atoms with Gasteiger partial charge in [-0.1, -0.05) is 6.07 Å². The summed E-state index contributed by atoms with van der Waals surface area (Å²) in [6.07, 6.45) is 0. The summed E-state index contributed by atoms with van der Waals surface area (Å²) in [6.45, 7) is 8.08. The molecule has 1 N–H and O–H groups in total. The van der Waals surface area contributed by atoms with Gasteiger partial charge in [-0.25, -0.2) is 9.78 Å². The highest BCUT2D eigenvalue weighted by Crippen LogP contribution is 2.28. The summed E-state index contributed by atoms with van der Waals surface area (Å²) in [6, 6.07) is 5.68. The lowest BCUT2D eigenvalue weighted by Gasteiger charge is -2.17. The minimum Gasteiger partial charge on any atom is -0.465 e. The Bertz CT molecular complexity index is 664. The second-order valence-electron chi connectivity index (χ2n) is 5.01. The summed E-state index contributed by atoms with van der Waals surface area (Å²) in [7, 11) is 1.39. The maximum absolute atomic E-state index is 11.7. The number of methoxy groups -OCH3 is 1. The molecule has 1 aromatic carbocycles. The Morgan fingerprint density at radius 2 is 2.05 bits per heavy atom. The maximum atomic E-state index is 11.7. The number of ether oxygens (including phenoxy) is 1. The molecular formula is C16H20N2O2S. The van der Waals surface area contributed by atoms with E-state index in [4.69, 9.17) is 4.74 Å². The van der Waals surface area contributed by atoms with Crippen molar-refractivity contribution in [1.82, 2.24) is 4.98 Å². The lowest BCUT2D eigenvalue weighted by molar-refractivity contribution is 0.0600. The number of rotatable bonds is 4. The average Bonchev–Trinajstić information content (AvgIpc) is 2.79. The molecule has 0 amide bonds. The molecule has 1 unspecified atom stereocenters. The van der Waals surface area contributed by atoms with E-state index in [2.05, 4.69) is 24.1 Å². The van der Waals surface area contributed by atoms with Gasteiger partial charge in [0, 0.05) is 10.6 Å². The Morgan fingerprint density at radius 3 is 2.62 bits per heavy atom. The zero-order valence-corrected chi connectivity index (χ0v) is 13.8. The quantitative estimate of drug-likeness (QED) is 0.867. The van der Waals surface area contributed by atoms with E-state index < -0.39 is 0 Å². The third-order valence-electron chi connectivity index (χ3n) is 3.46. The van der Waals surface area contributed by atoms with Crippen molar-refractivity contribution in [3.63, 3.8) is 0 Å². The maximum Gasteiger partial charge on any atom is 0.338 e. The molecule has 2 rings (SSSR count). The molecule has 0 fully saturated rings. The van der Waals surface area contributed by atoms with Gasteiger partial charge in [0.1, 0.15) is 0 Å². The van der Waals surface area contributed by atoms with Gasteiger partial charge in [-0.2, -0.15) is 0 Å². The SMILES string of the molecule is COC(=O)c1cccc(NC(C)c2nc(C)sc2C)c1C. The molecule has 5 heteroatoms. The topological polar surface area (TPSA) is 51.2 Å². The summed E-state index contributed by atoms with van der Waals surface area (Å²) in [5.41, 5.74) is 3.46. The molecule has 0 aliphatic carbocycles. The highest BCUT2D eigenvalue weighted by atomic mass is 32.1. The molecule has 112 valence electrons. The summed E-state index contributed by atoms with van der Waals surface area (Å²) in [5.74, 6) is -0.315. The first kappa shape index (κ1) is 15.5. The van der Waals surface area contributed by atoms with Crippen LogP contribution in [0.4, 0.5) is 5.69 Å². The van der Waals surface area contributed by atoms with Gasteiger partial charge in [0.15, 0.2) is 0 Å². The minimum atomic E-state index is -0.315. The van der Waals surface area contributed by atoms with Crippen LogP contribution in [0.25, 0.3) is 0 Å². The summed E-state index contributed by atoms with van der Waals surface area (Å²) in [4.78, 5) is 17.5. The molecule has 0 saturated heterocycles. The number of aryl methyl sites for hydroxylation is 2. The van der Waals surface area contributed by atoms with Crippen LogP contribution in [-0.4, -0.2) is 18.1 Å². The molecule has 1 heterocycles. The van der Waals surface area contributed by atoms with E-state index >= 15 is 0 Å². The first-order valence-electron chi connectivity index (χ1n) is 6.82. The molecular weight excluding hydrogens is 284 g/mol. The van der Waals surface area contributed by atoms with Gasteiger partial charge in [0.05, 0.1) is 29.4 Å². The highest BCUT2D eigenvalue weighted by Gasteiger charge is 2.16. The standard InChI is InChI=1S/C16H20N2O2S/c1-9-13(16(19)20-5)7-6-8-14(9)17-10(2)15-11(3)21-12(4)18-15/h6-8,10,17H,1-5H3. The molecule has 0 radical (unpaired) electrons. The predicted molar refractivity (Wildman–Crippen MR) is 86.1 cm³/mol. The number of hydrogen-bond donors (Lipinski definition) is 1. The number of benzene rings is 1. The molecule has 0 aliphatic heterocycles. The van der Waals surface area contributed by atoms with Gasteiger partial charge in [-0.15, -0.1) is 11.3 Å². The van der Waals surface area contributed by atoms with E-state index in [1.165, 1.54) is 12.0 Å². The average molecular weight is 304 g/mol. The van der Waals surface area contributed by atoms with Crippen molar-refractivity contribution < 1.29 is 9.53 Å². The number of aromatic nitrogens is 1. The molecule has 1 aromatic heterocycles. The molecule has 4 nitrogen and oxygen atoms in total. The van der Waals surface area contributed by atoms with Gasteiger partial charge >= 0.3 is 5.97 Å². The smallest absolute Gasteiger partial charge is 0.338 e. The van der Waals surface area contributed by atoms with E-state index in [1.807, 2.05) is 26.0 Å². The summed E-state index contributed by atoms with van der Waals surface area (Å²) >= 11 is 1.70. The second kappa shape index (κ2) is 6.26. The summed E-state index contributed by atoms with van der Waals surface area (Å²) < 4.78 is 4.81. The molecule has 0 saturated carbocycles. The zero-order valence-electron chi connectivity index (χ0n) is 13.0. The number of anilines is 1. The molecule has 0 spiro atoms. The van der Waals surface area contributed by atoms with Gasteiger partial charge < -0.3 is 10.1 Å². The Balaban J connectivity index is 2.27. The third-order valence-corrected chi connectivity index (χ3v) is 4.36. The zero-order chi connectivity index (χ0) is 15.6. The number of carbonyl (C=O) groups is 1. The van der Waals surface area contributed by atoms with Crippen molar-refractivity contribution in [2.24, 2.45) is 0 Å². The number of esters is 1. The number of thiazole rings is 1. The highest BCUT2D eigenvalue weighted by molar-refractivity contribution is 7.11. The van der Waals surface area contributed by atoms with Crippen molar-refractivity contribution in [2.45, 2.75) is 33.7 Å². The number of carbonyl (C=O) groups excluding carboxylic acids is 1. The van der Waals surface area contributed by atoms with E-state index in [0.29, 0.717) is 5.56 Å². The molecule has 1 atom stereocenters. The van der Waals surface area contributed by atoms with Crippen LogP contribution in [0, 0.1) is 20.8 Å². The lowest BCUT2D eigenvalue weighted by Crippen LogP contribution is -2.11. The van der Waals surface area contributed by atoms with Crippen LogP contribution in [0.2, 0.25) is 0 Å². The van der Waals surface area contributed by atoms with Gasteiger partial charge in [0.2, 0.25) is 0 Å². The molecule has 2 aromatic rings. The van der Waals surface area contributed by atoms with Crippen molar-refractivity contribution in [2.75, 3.05) is 12.4 Å². The Kier molecular flexibility index (Phi) is 4.63. The first-order valence-corrected chi connectivity index (χ1v) is 7.64. The fraction of sp³-hybridized carbons (Fsp3) is 0.375. The Labute approximate surface area is 129 Å². The van der Waals surface area contributed by atoms with E-state index in [0.717, 1.165) is 22.0 Å². The fourth-order valence-electron chi connectivity index (χ4n) is 2.37. The van der Waals surface area contributed by atoms with Crippen LogP contribution >= 0.6 is 11.3 Å². The van der Waals surface area contributed by atoms with Gasteiger partial charge in [-0.3, -0.25) is 0 Å². The molecule has 0 bridgehead atoms. The predicted octanol–water partition coefficient (Wildman–Crippen LogP) is 4.03. The number of hydrogen-bond acceptors (Lipinski definition) is 5. The fourth-order valence-corrected chi connectivity index (χ4v) is 3.29. The molecule has 0 aliphatic rings. The third kappa shape index (κ3) is 3.24. The minimum absolute atomic E-state index is 0.0848. The Hall–Kier alpha value is -1.88. The van der Waals surface area contributed by atoms with Crippen LogP contribution in [0.1, 0.15) is 44.5 Å². The lowest BCUT2D eigenvalue weighted by atomic mass is 10.1. The first-order chi connectivity index (χ1) is 9.93. The van der Waals surface area contributed by atoms with Crippen molar-refractivity contribution >= 4 is 23.0 Å². The van der Waals surface area contributed by atoms with E-state index in [9.17, 15) is 4.79 Å². The number of nitrogens with one attached hydrogen (secondary N) is 1. The van der Waals surface area contributed by atoms with Gasteiger partial charge in [-0.05, 0) is 45.4 Å². The van der Waals surface area contributed by atoms with Crippen LogP contribution in [0.5, 0.6) is 0 Å². The molecule has 21 heavy (non-hydrogen) atoms. The van der Waals surface area contributed by atoms with Crippen molar-refractivity contribution in [1.29, 1.82) is 0 Å². The monoisotopic (exact) mass is 304 g/mol. The van der Waals surface area contributed by atoms with Crippen LogP contribution in [0.15, 0.2) is 18.2 Å². The number of nitrogens with zero attached hydrogens (tertiary/aromatic N) is 1. The van der Waals surface area contributed by atoms with Gasteiger partial charge in [0.25, 0.3) is 0 Å².